The Hall–Kier alpha value is -1.27. The van der Waals surface area contributed by atoms with E-state index in [4.69, 9.17) is 4.74 Å². The van der Waals surface area contributed by atoms with E-state index in [0.717, 1.165) is 11.3 Å². The molecule has 0 radical (unpaired) electrons. The van der Waals surface area contributed by atoms with E-state index in [1.54, 1.807) is 7.11 Å². The third-order valence-corrected chi connectivity index (χ3v) is 3.75. The molecule has 0 aliphatic carbocycles. The lowest BCUT2D eigenvalue weighted by Crippen LogP contribution is -2.53. The van der Waals surface area contributed by atoms with Crippen LogP contribution in [0.15, 0.2) is 24.3 Å². The number of piperidine rings is 1. The van der Waals surface area contributed by atoms with Gasteiger partial charge in [-0.1, -0.05) is 12.1 Å². The smallest absolute Gasteiger partial charge is 0.417 e. The van der Waals surface area contributed by atoms with Gasteiger partial charge in [-0.15, -0.1) is 0 Å². The zero-order valence-electron chi connectivity index (χ0n) is 11.3. The molecule has 1 aromatic rings. The van der Waals surface area contributed by atoms with Crippen molar-refractivity contribution in [3.63, 3.8) is 0 Å². The van der Waals surface area contributed by atoms with E-state index in [1.165, 1.54) is 0 Å². The van der Waals surface area contributed by atoms with E-state index in [0.29, 0.717) is 6.54 Å². The zero-order chi connectivity index (χ0) is 14.8. The Morgan fingerprint density at radius 2 is 1.95 bits per heavy atom. The second-order valence-electron chi connectivity index (χ2n) is 5.16. The maximum absolute atomic E-state index is 12.7. The lowest BCUT2D eigenvalue weighted by atomic mass is 9.90. The number of ether oxygens (including phenoxy) is 1. The minimum atomic E-state index is -4.55. The Morgan fingerprint density at radius 1 is 1.30 bits per heavy atom. The standard InChI is InChI=1S/C14H18F3NO2/c1-20-12-4-2-3-11(9-12)10-18-7-5-13(19,6-8-18)14(15,16)17/h2-4,9,19H,5-8,10H2,1H3. The quantitative estimate of drug-likeness (QED) is 0.928. The van der Waals surface area contributed by atoms with Gasteiger partial charge in [-0.05, 0) is 30.5 Å². The molecule has 0 bridgehead atoms. The van der Waals surface area contributed by atoms with Gasteiger partial charge in [0.15, 0.2) is 5.60 Å². The first-order valence-corrected chi connectivity index (χ1v) is 6.48. The summed E-state index contributed by atoms with van der Waals surface area (Å²) in [5, 5.41) is 9.60. The van der Waals surface area contributed by atoms with Crippen molar-refractivity contribution in [3.8, 4) is 5.75 Å². The lowest BCUT2D eigenvalue weighted by Gasteiger charge is -2.39. The Kier molecular flexibility index (Phi) is 4.25. The van der Waals surface area contributed by atoms with Crippen molar-refractivity contribution < 1.29 is 23.0 Å². The summed E-state index contributed by atoms with van der Waals surface area (Å²) in [5.41, 5.74) is -1.54. The first-order valence-electron chi connectivity index (χ1n) is 6.48. The second-order valence-corrected chi connectivity index (χ2v) is 5.16. The fourth-order valence-corrected chi connectivity index (χ4v) is 2.39. The topological polar surface area (TPSA) is 32.7 Å². The average Bonchev–Trinajstić information content (AvgIpc) is 2.40. The highest BCUT2D eigenvalue weighted by Crippen LogP contribution is 2.38. The molecule has 2 rings (SSSR count). The van der Waals surface area contributed by atoms with E-state index >= 15 is 0 Å². The van der Waals surface area contributed by atoms with Crippen molar-refractivity contribution in [1.82, 2.24) is 4.90 Å². The van der Waals surface area contributed by atoms with Gasteiger partial charge >= 0.3 is 6.18 Å². The molecule has 1 saturated heterocycles. The lowest BCUT2D eigenvalue weighted by molar-refractivity contribution is -0.272. The summed E-state index contributed by atoms with van der Waals surface area (Å²) >= 11 is 0. The Labute approximate surface area is 116 Å². The molecule has 6 heteroatoms. The number of likely N-dealkylation sites (tertiary alicyclic amines) is 1. The molecule has 1 aliphatic rings. The van der Waals surface area contributed by atoms with E-state index in [-0.39, 0.29) is 25.9 Å². The van der Waals surface area contributed by atoms with Gasteiger partial charge in [-0.3, -0.25) is 4.90 Å². The van der Waals surface area contributed by atoms with Crippen molar-refractivity contribution in [1.29, 1.82) is 0 Å². The fourth-order valence-electron chi connectivity index (χ4n) is 2.39. The fraction of sp³-hybridized carbons (Fsp3) is 0.571. The highest BCUT2D eigenvalue weighted by Gasteiger charge is 2.54. The van der Waals surface area contributed by atoms with Crippen molar-refractivity contribution in [2.45, 2.75) is 31.2 Å². The van der Waals surface area contributed by atoms with Crippen LogP contribution in [0.2, 0.25) is 0 Å². The van der Waals surface area contributed by atoms with Crippen LogP contribution in [0.25, 0.3) is 0 Å². The average molecular weight is 289 g/mol. The van der Waals surface area contributed by atoms with Gasteiger partial charge < -0.3 is 9.84 Å². The second kappa shape index (κ2) is 5.61. The van der Waals surface area contributed by atoms with Gasteiger partial charge in [0.25, 0.3) is 0 Å². The number of hydrogen-bond donors (Lipinski definition) is 1. The van der Waals surface area contributed by atoms with Gasteiger partial charge in [-0.25, -0.2) is 0 Å². The third-order valence-electron chi connectivity index (χ3n) is 3.75. The van der Waals surface area contributed by atoms with Crippen LogP contribution < -0.4 is 4.74 Å². The third kappa shape index (κ3) is 3.24. The molecule has 3 nitrogen and oxygen atoms in total. The van der Waals surface area contributed by atoms with Crippen LogP contribution in [0.3, 0.4) is 0 Å². The van der Waals surface area contributed by atoms with Gasteiger partial charge in [0, 0.05) is 19.6 Å². The van der Waals surface area contributed by atoms with Crippen LogP contribution in [-0.4, -0.2) is 42.0 Å². The Morgan fingerprint density at radius 3 is 2.50 bits per heavy atom. The number of nitrogens with zero attached hydrogens (tertiary/aromatic N) is 1. The largest absolute Gasteiger partial charge is 0.497 e. The predicted octanol–water partition coefficient (Wildman–Crippen LogP) is 2.58. The minimum Gasteiger partial charge on any atom is -0.497 e. The Balaban J connectivity index is 1.94. The van der Waals surface area contributed by atoms with Crippen LogP contribution in [-0.2, 0) is 6.54 Å². The van der Waals surface area contributed by atoms with E-state index in [1.807, 2.05) is 29.2 Å². The van der Waals surface area contributed by atoms with Crippen molar-refractivity contribution in [2.24, 2.45) is 0 Å². The van der Waals surface area contributed by atoms with Crippen molar-refractivity contribution in [3.05, 3.63) is 29.8 Å². The molecule has 0 amide bonds. The molecular formula is C14H18F3NO2. The molecule has 0 unspecified atom stereocenters. The normalized spacial score (nSPS) is 19.9. The summed E-state index contributed by atoms with van der Waals surface area (Å²) in [6.45, 7) is 1.02. The molecule has 0 spiro atoms. The van der Waals surface area contributed by atoms with Gasteiger partial charge in [0.2, 0.25) is 0 Å². The van der Waals surface area contributed by atoms with Crippen LogP contribution >= 0.6 is 0 Å². The molecule has 0 saturated carbocycles. The minimum absolute atomic E-state index is 0.229. The molecule has 1 fully saturated rings. The van der Waals surface area contributed by atoms with E-state index in [2.05, 4.69) is 0 Å². The Bertz CT molecular complexity index is 454. The monoisotopic (exact) mass is 289 g/mol. The van der Waals surface area contributed by atoms with Crippen molar-refractivity contribution in [2.75, 3.05) is 20.2 Å². The number of aliphatic hydroxyl groups is 1. The van der Waals surface area contributed by atoms with Crippen LogP contribution in [0, 0.1) is 0 Å². The number of alkyl halides is 3. The highest BCUT2D eigenvalue weighted by molar-refractivity contribution is 5.28. The molecule has 20 heavy (non-hydrogen) atoms. The number of methoxy groups -OCH3 is 1. The summed E-state index contributed by atoms with van der Waals surface area (Å²) in [5.74, 6) is 0.728. The number of rotatable bonds is 3. The van der Waals surface area contributed by atoms with Gasteiger partial charge in [-0.2, -0.15) is 13.2 Å². The SMILES string of the molecule is COc1cccc(CN2CCC(O)(C(F)(F)F)CC2)c1. The van der Waals surface area contributed by atoms with Crippen LogP contribution in [0.5, 0.6) is 5.75 Å². The van der Waals surface area contributed by atoms with E-state index in [9.17, 15) is 18.3 Å². The van der Waals surface area contributed by atoms with E-state index < -0.39 is 11.8 Å². The summed E-state index contributed by atoms with van der Waals surface area (Å²) in [6, 6.07) is 7.45. The first kappa shape index (κ1) is 15.1. The zero-order valence-corrected chi connectivity index (χ0v) is 11.3. The summed E-state index contributed by atoms with van der Waals surface area (Å²) in [7, 11) is 1.57. The molecule has 0 atom stereocenters. The molecule has 112 valence electrons. The summed E-state index contributed by atoms with van der Waals surface area (Å²) in [4.78, 5) is 1.91. The van der Waals surface area contributed by atoms with Gasteiger partial charge in [0.1, 0.15) is 5.75 Å². The maximum atomic E-state index is 12.7. The van der Waals surface area contributed by atoms with Crippen LogP contribution in [0.4, 0.5) is 13.2 Å². The number of hydrogen-bond acceptors (Lipinski definition) is 3. The summed E-state index contributed by atoms with van der Waals surface area (Å²) in [6.07, 6.45) is -5.10. The maximum Gasteiger partial charge on any atom is 0.417 e. The molecule has 1 heterocycles. The molecule has 1 aliphatic heterocycles. The molecule has 0 aromatic heterocycles. The van der Waals surface area contributed by atoms with Crippen molar-refractivity contribution >= 4 is 0 Å². The molecule has 1 aromatic carbocycles. The number of halogens is 3. The first-order chi connectivity index (χ1) is 9.34. The summed E-state index contributed by atoms with van der Waals surface area (Å²) < 4.78 is 43.2. The molecule has 1 N–H and O–H groups in total. The molecular weight excluding hydrogens is 271 g/mol. The predicted molar refractivity (Wildman–Crippen MR) is 68.5 cm³/mol. The number of benzene rings is 1. The van der Waals surface area contributed by atoms with Gasteiger partial charge in [0.05, 0.1) is 7.11 Å². The highest BCUT2D eigenvalue weighted by atomic mass is 19.4. The van der Waals surface area contributed by atoms with Crippen LogP contribution in [0.1, 0.15) is 18.4 Å².